The first-order valence-corrected chi connectivity index (χ1v) is 7.06. The van der Waals surface area contributed by atoms with Gasteiger partial charge >= 0.3 is 0 Å². The van der Waals surface area contributed by atoms with Gasteiger partial charge in [-0.1, -0.05) is 35.5 Å². The topological polar surface area (TPSA) is 59.5 Å². The lowest BCUT2D eigenvalue weighted by atomic mass is 10.1. The predicted molar refractivity (Wildman–Crippen MR) is 86.0 cm³/mol. The Labute approximate surface area is 128 Å². The highest BCUT2D eigenvalue weighted by molar-refractivity contribution is 6.13. The fourth-order valence-electron chi connectivity index (χ4n) is 2.18. The molecule has 0 aliphatic heterocycles. The summed E-state index contributed by atoms with van der Waals surface area (Å²) in [6, 6.07) is 13.9. The number of hydrogen-bond acceptors (Lipinski definition) is 4. The van der Waals surface area contributed by atoms with Crippen molar-refractivity contribution in [1.29, 1.82) is 0 Å². The van der Waals surface area contributed by atoms with Crippen molar-refractivity contribution in [3.8, 4) is 0 Å². The van der Waals surface area contributed by atoms with Crippen molar-refractivity contribution in [2.75, 3.05) is 20.3 Å². The van der Waals surface area contributed by atoms with Crippen molar-refractivity contribution in [2.24, 2.45) is 5.16 Å². The molecule has 2 heterocycles. The number of nitrogens with zero attached hydrogens (tertiary/aromatic N) is 2. The van der Waals surface area contributed by atoms with Gasteiger partial charge in [-0.2, -0.15) is 0 Å². The van der Waals surface area contributed by atoms with E-state index in [1.165, 1.54) is 0 Å². The van der Waals surface area contributed by atoms with E-state index in [0.29, 0.717) is 13.2 Å². The minimum atomic E-state index is 0.411. The van der Waals surface area contributed by atoms with E-state index in [4.69, 9.17) is 9.57 Å². The van der Waals surface area contributed by atoms with Crippen molar-refractivity contribution in [3.05, 3.63) is 66.1 Å². The molecule has 0 saturated carbocycles. The van der Waals surface area contributed by atoms with Crippen molar-refractivity contribution in [3.63, 3.8) is 0 Å². The van der Waals surface area contributed by atoms with E-state index in [0.717, 1.165) is 27.9 Å². The molecule has 1 aromatic carbocycles. The number of methoxy groups -OCH3 is 1. The molecule has 5 nitrogen and oxygen atoms in total. The van der Waals surface area contributed by atoms with Crippen LogP contribution in [0.25, 0.3) is 10.9 Å². The van der Waals surface area contributed by atoms with Crippen LogP contribution in [0.4, 0.5) is 0 Å². The number of hydrogen-bond donors (Lipinski definition) is 1. The molecule has 0 bridgehead atoms. The highest BCUT2D eigenvalue weighted by Crippen LogP contribution is 2.17. The second-order valence-electron chi connectivity index (χ2n) is 4.78. The summed E-state index contributed by atoms with van der Waals surface area (Å²) in [5.74, 6) is 0. The van der Waals surface area contributed by atoms with Gasteiger partial charge in [0.25, 0.3) is 0 Å². The molecule has 22 heavy (non-hydrogen) atoms. The van der Waals surface area contributed by atoms with Gasteiger partial charge < -0.3 is 14.6 Å². The Bertz CT molecular complexity index is 733. The third-order valence-corrected chi connectivity index (χ3v) is 3.26. The zero-order valence-electron chi connectivity index (χ0n) is 12.3. The molecule has 112 valence electrons. The molecule has 0 saturated heterocycles. The van der Waals surface area contributed by atoms with Crippen molar-refractivity contribution >= 4 is 16.6 Å². The molecule has 5 heteroatoms. The Hall–Kier alpha value is -2.66. The zero-order valence-corrected chi connectivity index (χ0v) is 12.3. The Morgan fingerprint density at radius 3 is 2.82 bits per heavy atom. The molecule has 0 aliphatic rings. The van der Waals surface area contributed by atoms with Gasteiger partial charge in [-0.25, -0.2) is 0 Å². The number of oxime groups is 1. The number of fused-ring (bicyclic) bond motifs is 1. The average Bonchev–Trinajstić information content (AvgIpc) is 2.99. The fraction of sp³-hybridized carbons (Fsp3) is 0.176. The maximum Gasteiger partial charge on any atom is 0.140 e. The minimum absolute atomic E-state index is 0.411. The van der Waals surface area contributed by atoms with E-state index in [2.05, 4.69) is 15.1 Å². The number of pyridine rings is 1. The Kier molecular flexibility index (Phi) is 4.46. The quantitative estimate of drug-likeness (QED) is 0.432. The largest absolute Gasteiger partial charge is 0.393 e. The van der Waals surface area contributed by atoms with Crippen molar-refractivity contribution in [1.82, 2.24) is 9.97 Å². The maximum absolute atomic E-state index is 5.37. The number of H-pyrrole nitrogens is 1. The molecule has 3 rings (SSSR count). The summed E-state index contributed by atoms with van der Waals surface area (Å²) >= 11 is 0. The lowest BCUT2D eigenvalue weighted by molar-refractivity contribution is 0.0753. The number of ether oxygens (including phenoxy) is 1. The molecule has 3 aromatic rings. The van der Waals surface area contributed by atoms with E-state index in [9.17, 15) is 0 Å². The van der Waals surface area contributed by atoms with Gasteiger partial charge in [-0.3, -0.25) is 4.98 Å². The maximum atomic E-state index is 5.37. The second-order valence-corrected chi connectivity index (χ2v) is 4.78. The van der Waals surface area contributed by atoms with Crippen LogP contribution in [0.3, 0.4) is 0 Å². The van der Waals surface area contributed by atoms with Gasteiger partial charge in [0.05, 0.1) is 24.0 Å². The summed E-state index contributed by atoms with van der Waals surface area (Å²) in [6.45, 7) is 0.914. The number of aromatic amines is 1. The summed E-state index contributed by atoms with van der Waals surface area (Å²) < 4.78 is 4.97. The van der Waals surface area contributed by atoms with Crippen LogP contribution in [0.15, 0.2) is 60.0 Å². The molecule has 0 aliphatic carbocycles. The molecule has 0 unspecified atom stereocenters. The van der Waals surface area contributed by atoms with Crippen LogP contribution in [-0.2, 0) is 9.57 Å². The molecule has 0 amide bonds. The average molecular weight is 295 g/mol. The molecule has 0 fully saturated rings. The van der Waals surface area contributed by atoms with Gasteiger partial charge in [0.2, 0.25) is 0 Å². The van der Waals surface area contributed by atoms with E-state index < -0.39 is 0 Å². The summed E-state index contributed by atoms with van der Waals surface area (Å²) in [6.07, 6.45) is 3.57. The number of aromatic nitrogens is 2. The zero-order chi connectivity index (χ0) is 15.2. The predicted octanol–water partition coefficient (Wildman–Crippen LogP) is 2.98. The van der Waals surface area contributed by atoms with E-state index in [1.807, 2.05) is 42.5 Å². The number of benzene rings is 1. The first-order chi connectivity index (χ1) is 10.9. The fourth-order valence-corrected chi connectivity index (χ4v) is 2.18. The molecular weight excluding hydrogens is 278 g/mol. The number of rotatable bonds is 6. The summed E-state index contributed by atoms with van der Waals surface area (Å²) in [5.41, 5.74) is 3.61. The van der Waals surface area contributed by atoms with Crippen molar-refractivity contribution in [2.45, 2.75) is 0 Å². The third-order valence-electron chi connectivity index (χ3n) is 3.26. The monoisotopic (exact) mass is 295 g/mol. The SMILES string of the molecule is COCCON=C(c1ccccc1)c1cc2ccncc2[nH]1. The Balaban J connectivity index is 1.97. The van der Waals surface area contributed by atoms with Crippen LogP contribution in [0.1, 0.15) is 11.3 Å². The normalized spacial score (nSPS) is 11.8. The lowest BCUT2D eigenvalue weighted by Gasteiger charge is -2.05. The van der Waals surface area contributed by atoms with Crippen LogP contribution >= 0.6 is 0 Å². The smallest absolute Gasteiger partial charge is 0.140 e. The minimum Gasteiger partial charge on any atom is -0.393 e. The molecule has 1 N–H and O–H groups in total. The number of nitrogens with one attached hydrogen (secondary N) is 1. The molecule has 0 atom stereocenters. The van der Waals surface area contributed by atoms with Gasteiger partial charge in [-0.15, -0.1) is 0 Å². The van der Waals surface area contributed by atoms with E-state index >= 15 is 0 Å². The summed E-state index contributed by atoms with van der Waals surface area (Å²) in [7, 11) is 1.63. The van der Waals surface area contributed by atoms with Gasteiger partial charge in [0.1, 0.15) is 12.3 Å². The summed E-state index contributed by atoms with van der Waals surface area (Å²) in [4.78, 5) is 12.8. The van der Waals surface area contributed by atoms with Crippen LogP contribution in [-0.4, -0.2) is 36.0 Å². The van der Waals surface area contributed by atoms with E-state index in [-0.39, 0.29) is 0 Å². The second kappa shape index (κ2) is 6.87. The van der Waals surface area contributed by atoms with E-state index in [1.54, 1.807) is 19.5 Å². The third kappa shape index (κ3) is 3.15. The summed E-state index contributed by atoms with van der Waals surface area (Å²) in [5, 5.41) is 5.37. The van der Waals surface area contributed by atoms with Crippen LogP contribution in [0.2, 0.25) is 0 Å². The van der Waals surface area contributed by atoms with Crippen LogP contribution in [0, 0.1) is 0 Å². The van der Waals surface area contributed by atoms with Crippen LogP contribution in [0.5, 0.6) is 0 Å². The first kappa shape index (κ1) is 14.3. The molecule has 0 spiro atoms. The Morgan fingerprint density at radius 2 is 2.05 bits per heavy atom. The standard InChI is InChI=1S/C17H17N3O2/c1-21-9-10-22-20-17(13-5-3-2-4-6-13)15-11-14-7-8-18-12-16(14)19-15/h2-8,11-12,19H,9-10H2,1H3. The molecular formula is C17H17N3O2. The van der Waals surface area contributed by atoms with Crippen LogP contribution < -0.4 is 0 Å². The molecule has 2 aromatic heterocycles. The van der Waals surface area contributed by atoms with Gasteiger partial charge in [-0.05, 0) is 12.1 Å². The lowest BCUT2D eigenvalue weighted by Crippen LogP contribution is -2.06. The highest BCUT2D eigenvalue weighted by atomic mass is 16.6. The molecule has 0 radical (unpaired) electrons. The van der Waals surface area contributed by atoms with Gasteiger partial charge in [0, 0.05) is 24.3 Å². The van der Waals surface area contributed by atoms with Gasteiger partial charge in [0.15, 0.2) is 0 Å². The Morgan fingerprint density at radius 1 is 1.18 bits per heavy atom. The first-order valence-electron chi connectivity index (χ1n) is 7.06. The highest BCUT2D eigenvalue weighted by Gasteiger charge is 2.11. The van der Waals surface area contributed by atoms with Crippen molar-refractivity contribution < 1.29 is 9.57 Å².